The molecule has 0 unspecified atom stereocenters. The lowest BCUT2D eigenvalue weighted by Crippen LogP contribution is -2.12. The van der Waals surface area contributed by atoms with Gasteiger partial charge >= 0.3 is 0 Å². The molecule has 0 radical (unpaired) electrons. The molecule has 9 heteroatoms. The maximum Gasteiger partial charge on any atom is 0.263 e. The quantitative estimate of drug-likeness (QED) is 0.522. The Balaban J connectivity index is 1.56. The molecular weight excluding hydrogens is 396 g/mol. The highest BCUT2D eigenvalue weighted by molar-refractivity contribution is 7.93. The predicted molar refractivity (Wildman–Crippen MR) is 109 cm³/mol. The lowest BCUT2D eigenvalue weighted by atomic mass is 10.2. The number of carbonyl (C=O) groups is 1. The maximum atomic E-state index is 12.4. The van der Waals surface area contributed by atoms with Gasteiger partial charge in [-0.3, -0.25) is 14.5 Å². The zero-order valence-corrected chi connectivity index (χ0v) is 16.0. The normalized spacial score (nSPS) is 11.3. The van der Waals surface area contributed by atoms with Crippen LogP contribution in [0.25, 0.3) is 10.2 Å². The van der Waals surface area contributed by atoms with E-state index in [1.165, 1.54) is 29.7 Å². The lowest BCUT2D eigenvalue weighted by molar-refractivity contribution is 0.102. The van der Waals surface area contributed by atoms with Gasteiger partial charge in [0.1, 0.15) is 0 Å². The monoisotopic (exact) mass is 410 g/mol. The molecule has 1 amide bonds. The van der Waals surface area contributed by atoms with E-state index in [1.807, 2.05) is 0 Å². The molecule has 4 rings (SSSR count). The first-order valence-corrected chi connectivity index (χ1v) is 10.5. The maximum absolute atomic E-state index is 12.4. The first kappa shape index (κ1) is 18.1. The molecule has 2 aromatic heterocycles. The Hall–Kier alpha value is -3.30. The first-order chi connectivity index (χ1) is 13.5. The van der Waals surface area contributed by atoms with Crippen molar-refractivity contribution in [3.63, 3.8) is 0 Å². The summed E-state index contributed by atoms with van der Waals surface area (Å²) in [6, 6.07) is 16.6. The Bertz CT molecular complexity index is 1240. The lowest BCUT2D eigenvalue weighted by Gasteiger charge is -2.04. The molecule has 2 aromatic carbocycles. The van der Waals surface area contributed by atoms with Gasteiger partial charge in [0, 0.05) is 18.1 Å². The number of hydrogen-bond donors (Lipinski definition) is 2. The molecule has 0 saturated carbocycles. The van der Waals surface area contributed by atoms with Crippen molar-refractivity contribution in [3.8, 4) is 0 Å². The van der Waals surface area contributed by atoms with E-state index in [1.54, 1.807) is 54.7 Å². The Morgan fingerprint density at radius 1 is 1.00 bits per heavy atom. The van der Waals surface area contributed by atoms with Gasteiger partial charge in [0.15, 0.2) is 5.13 Å². The second-order valence-electron chi connectivity index (χ2n) is 5.82. The smallest absolute Gasteiger partial charge is 0.263 e. The van der Waals surface area contributed by atoms with Gasteiger partial charge in [0.2, 0.25) is 0 Å². The molecule has 0 bridgehead atoms. The summed E-state index contributed by atoms with van der Waals surface area (Å²) in [4.78, 5) is 20.6. The van der Waals surface area contributed by atoms with Crippen LogP contribution in [0.5, 0.6) is 0 Å². The van der Waals surface area contributed by atoms with Crippen molar-refractivity contribution < 1.29 is 13.2 Å². The van der Waals surface area contributed by atoms with Crippen LogP contribution in [0.4, 0.5) is 10.8 Å². The summed E-state index contributed by atoms with van der Waals surface area (Å²) in [5, 5.41) is 3.05. The first-order valence-electron chi connectivity index (χ1n) is 8.21. The van der Waals surface area contributed by atoms with Crippen molar-refractivity contribution >= 4 is 48.3 Å². The van der Waals surface area contributed by atoms with Gasteiger partial charge in [0.05, 0.1) is 20.7 Å². The summed E-state index contributed by atoms with van der Waals surface area (Å²) in [6.45, 7) is 0. The summed E-state index contributed by atoms with van der Waals surface area (Å²) in [5.74, 6) is -0.276. The number of thiazole rings is 1. The van der Waals surface area contributed by atoms with Gasteiger partial charge in [-0.2, -0.15) is 0 Å². The highest BCUT2D eigenvalue weighted by Crippen LogP contribution is 2.30. The van der Waals surface area contributed by atoms with E-state index in [9.17, 15) is 13.2 Å². The molecule has 2 heterocycles. The molecule has 140 valence electrons. The van der Waals surface area contributed by atoms with E-state index in [0.29, 0.717) is 16.8 Å². The van der Waals surface area contributed by atoms with E-state index in [-0.39, 0.29) is 15.9 Å². The molecule has 28 heavy (non-hydrogen) atoms. The Morgan fingerprint density at radius 3 is 2.57 bits per heavy atom. The summed E-state index contributed by atoms with van der Waals surface area (Å²) < 4.78 is 28.1. The van der Waals surface area contributed by atoms with Crippen molar-refractivity contribution in [2.45, 2.75) is 4.90 Å². The predicted octanol–water partition coefficient (Wildman–Crippen LogP) is 3.74. The number of anilines is 2. The topological polar surface area (TPSA) is 101 Å². The van der Waals surface area contributed by atoms with Gasteiger partial charge in [-0.05, 0) is 42.5 Å². The number of aromatic nitrogens is 2. The molecule has 0 fully saturated rings. The number of sulfonamides is 1. The Morgan fingerprint density at radius 2 is 1.82 bits per heavy atom. The average molecular weight is 410 g/mol. The van der Waals surface area contributed by atoms with Crippen LogP contribution >= 0.6 is 11.3 Å². The SMILES string of the molecule is O=C(Nc1ccc2nc(NS(=O)(=O)c3ccccc3)sc2c1)c1cccnc1. The molecule has 0 saturated heterocycles. The second-order valence-corrected chi connectivity index (χ2v) is 8.53. The number of fused-ring (bicyclic) bond motifs is 1. The van der Waals surface area contributed by atoms with E-state index in [0.717, 1.165) is 4.70 Å². The minimum atomic E-state index is -3.70. The van der Waals surface area contributed by atoms with Crippen LogP contribution in [0.3, 0.4) is 0 Å². The summed E-state index contributed by atoms with van der Waals surface area (Å²) in [5.41, 5.74) is 1.67. The molecule has 0 spiro atoms. The van der Waals surface area contributed by atoms with Gasteiger partial charge in [-0.15, -0.1) is 0 Å². The minimum Gasteiger partial charge on any atom is -0.322 e. The largest absolute Gasteiger partial charge is 0.322 e. The van der Waals surface area contributed by atoms with Crippen molar-refractivity contribution in [2.24, 2.45) is 0 Å². The third kappa shape index (κ3) is 3.85. The summed E-state index contributed by atoms with van der Waals surface area (Å²) in [6.07, 6.45) is 3.08. The van der Waals surface area contributed by atoms with Crippen LogP contribution in [0.1, 0.15) is 10.4 Å². The third-order valence-electron chi connectivity index (χ3n) is 3.85. The molecular formula is C19H14N4O3S2. The fourth-order valence-electron chi connectivity index (χ4n) is 2.52. The molecule has 0 aliphatic carbocycles. The van der Waals surface area contributed by atoms with E-state index < -0.39 is 10.0 Å². The zero-order valence-electron chi connectivity index (χ0n) is 14.4. The van der Waals surface area contributed by atoms with Gasteiger partial charge in [-0.1, -0.05) is 29.5 Å². The Labute approximate surface area is 165 Å². The minimum absolute atomic E-state index is 0.165. The van der Waals surface area contributed by atoms with Crippen LogP contribution in [0.2, 0.25) is 0 Å². The molecule has 0 atom stereocenters. The van der Waals surface area contributed by atoms with Crippen LogP contribution < -0.4 is 10.0 Å². The van der Waals surface area contributed by atoms with Crippen LogP contribution in [-0.4, -0.2) is 24.3 Å². The molecule has 4 aromatic rings. The highest BCUT2D eigenvalue weighted by atomic mass is 32.2. The fourth-order valence-corrected chi connectivity index (χ4v) is 4.68. The second kappa shape index (κ2) is 7.37. The molecule has 0 aliphatic rings. The van der Waals surface area contributed by atoms with Crippen LogP contribution in [-0.2, 0) is 10.0 Å². The average Bonchev–Trinajstić information content (AvgIpc) is 3.10. The van der Waals surface area contributed by atoms with E-state index in [4.69, 9.17) is 0 Å². The number of nitrogens with one attached hydrogen (secondary N) is 2. The number of carbonyl (C=O) groups excluding carboxylic acids is 1. The highest BCUT2D eigenvalue weighted by Gasteiger charge is 2.16. The van der Waals surface area contributed by atoms with Gasteiger partial charge < -0.3 is 5.32 Å². The summed E-state index contributed by atoms with van der Waals surface area (Å²) in [7, 11) is -3.70. The number of hydrogen-bond acceptors (Lipinski definition) is 6. The molecule has 0 aliphatic heterocycles. The molecule has 7 nitrogen and oxygen atoms in total. The fraction of sp³-hybridized carbons (Fsp3) is 0. The number of amides is 1. The van der Waals surface area contributed by atoms with Crippen molar-refractivity contribution in [2.75, 3.05) is 10.0 Å². The van der Waals surface area contributed by atoms with E-state index in [2.05, 4.69) is 20.0 Å². The standard InChI is InChI=1S/C19H14N4O3S2/c24-18(13-5-4-10-20-12-13)21-14-8-9-16-17(11-14)27-19(22-16)23-28(25,26)15-6-2-1-3-7-15/h1-12H,(H,21,24)(H,22,23). The van der Waals surface area contributed by atoms with Crippen LogP contribution in [0.15, 0.2) is 78.0 Å². The van der Waals surface area contributed by atoms with Crippen molar-refractivity contribution in [1.82, 2.24) is 9.97 Å². The van der Waals surface area contributed by atoms with Crippen molar-refractivity contribution in [3.05, 3.63) is 78.6 Å². The number of rotatable bonds is 5. The zero-order chi connectivity index (χ0) is 19.6. The number of pyridine rings is 1. The number of benzene rings is 2. The molecule has 2 N–H and O–H groups in total. The van der Waals surface area contributed by atoms with Crippen molar-refractivity contribution in [1.29, 1.82) is 0 Å². The number of nitrogens with zero attached hydrogens (tertiary/aromatic N) is 2. The van der Waals surface area contributed by atoms with Gasteiger partial charge in [0.25, 0.3) is 15.9 Å². The Kier molecular flexibility index (Phi) is 4.76. The van der Waals surface area contributed by atoms with Gasteiger partial charge in [-0.25, -0.2) is 13.4 Å². The van der Waals surface area contributed by atoms with Crippen LogP contribution in [0, 0.1) is 0 Å². The summed E-state index contributed by atoms with van der Waals surface area (Å²) >= 11 is 1.19. The third-order valence-corrected chi connectivity index (χ3v) is 6.26. The van der Waals surface area contributed by atoms with E-state index >= 15 is 0 Å².